The van der Waals surface area contributed by atoms with Crippen LogP contribution in [0.1, 0.15) is 46.5 Å². The largest absolute Gasteiger partial charge is 1.00 e. The molecule has 0 unspecified atom stereocenters. The van der Waals surface area contributed by atoms with Crippen molar-refractivity contribution in [3.05, 3.63) is 29.8 Å². The summed E-state index contributed by atoms with van der Waals surface area (Å²) in [5.74, 6) is 0.362. The molecule has 1 aromatic rings. The van der Waals surface area contributed by atoms with Crippen molar-refractivity contribution in [1.29, 1.82) is 0 Å². The molecule has 0 N–H and O–H groups in total. The summed E-state index contributed by atoms with van der Waals surface area (Å²) in [4.78, 5) is 10.7. The van der Waals surface area contributed by atoms with Gasteiger partial charge in [-0.1, -0.05) is 38.3 Å². The van der Waals surface area contributed by atoms with Crippen molar-refractivity contribution in [3.8, 4) is 5.75 Å². The van der Waals surface area contributed by atoms with Gasteiger partial charge in [0.25, 0.3) is 0 Å². The van der Waals surface area contributed by atoms with Crippen molar-refractivity contribution < 1.29 is 40.5 Å². The fourth-order valence-electron chi connectivity index (χ4n) is 1.65. The van der Waals surface area contributed by atoms with Gasteiger partial charge >= 0.3 is 35.5 Å². The van der Waals surface area contributed by atoms with E-state index in [1.54, 1.807) is 0 Å². The minimum atomic E-state index is -0.268. The molecule has 0 aromatic heterocycles. The number of hydrogen-bond acceptors (Lipinski definition) is 2. The first-order valence-electron chi connectivity index (χ1n) is 5.99. The van der Waals surface area contributed by atoms with Crippen molar-refractivity contribution in [2.45, 2.75) is 46.0 Å². The van der Waals surface area contributed by atoms with E-state index in [1.807, 2.05) is 24.3 Å². The fraction of sp³-hybridized carbons (Fsp3) is 0.500. The van der Waals surface area contributed by atoms with Crippen LogP contribution < -0.4 is 34.3 Å². The molecule has 0 amide bonds. The van der Waals surface area contributed by atoms with Gasteiger partial charge in [-0.05, 0) is 30.5 Å². The maximum absolute atomic E-state index is 10.7. The van der Waals surface area contributed by atoms with E-state index >= 15 is 0 Å². The van der Waals surface area contributed by atoms with E-state index in [9.17, 15) is 4.79 Å². The second-order valence-electron chi connectivity index (χ2n) is 4.05. The SMILES string of the molecule is CCCCCCc1ccc(OC(C)=O)cc1.[H-].[Na+]. The fourth-order valence-corrected chi connectivity index (χ4v) is 1.65. The Bertz CT molecular complexity index is 325. The number of carbonyl (C=O) groups excluding carboxylic acids is 1. The Labute approximate surface area is 128 Å². The summed E-state index contributed by atoms with van der Waals surface area (Å²) in [5.41, 5.74) is 1.31. The molecule has 0 saturated heterocycles. The maximum Gasteiger partial charge on any atom is 1.00 e. The number of esters is 1. The second kappa shape index (κ2) is 9.69. The normalized spacial score (nSPS) is 9.53. The van der Waals surface area contributed by atoms with Gasteiger partial charge in [0, 0.05) is 6.92 Å². The molecule has 1 aromatic carbocycles. The zero-order valence-corrected chi connectivity index (χ0v) is 13.2. The first-order valence-corrected chi connectivity index (χ1v) is 5.99. The summed E-state index contributed by atoms with van der Waals surface area (Å²) in [7, 11) is 0. The predicted octanol–water partition coefficient (Wildman–Crippen LogP) is 0.851. The van der Waals surface area contributed by atoms with Crippen LogP contribution in [0.2, 0.25) is 0 Å². The van der Waals surface area contributed by atoms with E-state index in [4.69, 9.17) is 4.74 Å². The Hall–Kier alpha value is -0.310. The van der Waals surface area contributed by atoms with Gasteiger partial charge in [-0.3, -0.25) is 4.79 Å². The summed E-state index contributed by atoms with van der Waals surface area (Å²) in [5, 5.41) is 0. The average Bonchev–Trinajstić information content (AvgIpc) is 2.26. The summed E-state index contributed by atoms with van der Waals surface area (Å²) in [6.45, 7) is 3.63. The number of rotatable bonds is 6. The third-order valence-electron chi connectivity index (χ3n) is 2.50. The number of unbranched alkanes of at least 4 members (excludes halogenated alkanes) is 3. The summed E-state index contributed by atoms with van der Waals surface area (Å²) >= 11 is 0. The molecule has 1 rings (SSSR count). The number of aryl methyl sites for hydroxylation is 1. The second-order valence-corrected chi connectivity index (χ2v) is 4.05. The summed E-state index contributed by atoms with van der Waals surface area (Å²) in [6, 6.07) is 7.78. The number of hydrogen-bond donors (Lipinski definition) is 0. The minimum absolute atomic E-state index is 0. The summed E-state index contributed by atoms with van der Waals surface area (Å²) < 4.78 is 4.97. The number of benzene rings is 1. The average molecular weight is 244 g/mol. The van der Waals surface area contributed by atoms with Gasteiger partial charge in [-0.2, -0.15) is 0 Å². The number of ether oxygens (including phenoxy) is 1. The van der Waals surface area contributed by atoms with E-state index in [0.717, 1.165) is 6.42 Å². The molecule has 0 bridgehead atoms. The molecule has 3 heteroatoms. The standard InChI is InChI=1S/C14H20O2.Na.H/c1-3-4-5-6-7-13-8-10-14(11-9-13)16-12(2)15;;/h8-11H,3-7H2,1-2H3;;/q;+1;-1. The van der Waals surface area contributed by atoms with Crippen LogP contribution in [0.15, 0.2) is 24.3 Å². The predicted molar refractivity (Wildman–Crippen MR) is 66.7 cm³/mol. The van der Waals surface area contributed by atoms with Gasteiger partial charge in [-0.25, -0.2) is 0 Å². The van der Waals surface area contributed by atoms with Crippen LogP contribution >= 0.6 is 0 Å². The molecule has 0 atom stereocenters. The van der Waals surface area contributed by atoms with Gasteiger partial charge in [0.05, 0.1) is 0 Å². The Morgan fingerprint density at radius 2 is 1.82 bits per heavy atom. The van der Waals surface area contributed by atoms with Crippen LogP contribution in [-0.4, -0.2) is 5.97 Å². The quantitative estimate of drug-likeness (QED) is 0.321. The van der Waals surface area contributed by atoms with Crippen molar-refractivity contribution in [3.63, 3.8) is 0 Å². The van der Waals surface area contributed by atoms with Crippen LogP contribution in [0.25, 0.3) is 0 Å². The molecule has 0 saturated carbocycles. The molecule has 0 radical (unpaired) electrons. The van der Waals surface area contributed by atoms with E-state index in [2.05, 4.69) is 6.92 Å². The first kappa shape index (κ1) is 16.7. The van der Waals surface area contributed by atoms with E-state index < -0.39 is 0 Å². The molecule has 0 spiro atoms. The number of carbonyl (C=O) groups is 1. The van der Waals surface area contributed by atoms with Crippen LogP contribution in [0.4, 0.5) is 0 Å². The minimum Gasteiger partial charge on any atom is -1.00 e. The zero-order chi connectivity index (χ0) is 11.8. The van der Waals surface area contributed by atoms with Gasteiger partial charge in [0.15, 0.2) is 0 Å². The van der Waals surface area contributed by atoms with Crippen molar-refractivity contribution in [1.82, 2.24) is 0 Å². The van der Waals surface area contributed by atoms with Gasteiger partial charge in [0.1, 0.15) is 5.75 Å². The van der Waals surface area contributed by atoms with E-state index in [-0.39, 0.29) is 37.0 Å². The van der Waals surface area contributed by atoms with Crippen molar-refractivity contribution in [2.24, 2.45) is 0 Å². The Balaban J connectivity index is 0. The molecule has 0 aliphatic carbocycles. The van der Waals surface area contributed by atoms with Crippen molar-refractivity contribution >= 4 is 5.97 Å². The third kappa shape index (κ3) is 7.58. The molecule has 0 aliphatic rings. The zero-order valence-electron chi connectivity index (χ0n) is 12.2. The molecule has 17 heavy (non-hydrogen) atoms. The summed E-state index contributed by atoms with van der Waals surface area (Å²) in [6.07, 6.45) is 6.22. The Morgan fingerprint density at radius 3 is 2.35 bits per heavy atom. The van der Waals surface area contributed by atoms with Gasteiger partial charge < -0.3 is 6.16 Å². The molecule has 2 nitrogen and oxygen atoms in total. The Kier molecular flexibility index (Phi) is 9.52. The topological polar surface area (TPSA) is 26.3 Å². The third-order valence-corrected chi connectivity index (χ3v) is 2.50. The molecular formula is C14H21NaO2. The van der Waals surface area contributed by atoms with E-state index in [1.165, 1.54) is 38.2 Å². The molecular weight excluding hydrogens is 223 g/mol. The van der Waals surface area contributed by atoms with Crippen LogP contribution in [-0.2, 0) is 11.2 Å². The molecule has 0 fully saturated rings. The Morgan fingerprint density at radius 1 is 1.18 bits per heavy atom. The maximum atomic E-state index is 10.7. The van der Waals surface area contributed by atoms with Crippen LogP contribution in [0, 0.1) is 0 Å². The molecule has 90 valence electrons. The van der Waals surface area contributed by atoms with Gasteiger partial charge in [-0.15, -0.1) is 0 Å². The van der Waals surface area contributed by atoms with Gasteiger partial charge in [0.2, 0.25) is 0 Å². The smallest absolute Gasteiger partial charge is 1.00 e. The first-order chi connectivity index (χ1) is 7.72. The van der Waals surface area contributed by atoms with Crippen LogP contribution in [0.5, 0.6) is 5.75 Å². The monoisotopic (exact) mass is 244 g/mol. The van der Waals surface area contributed by atoms with E-state index in [0.29, 0.717) is 5.75 Å². The molecule has 0 aliphatic heterocycles. The van der Waals surface area contributed by atoms with Crippen molar-refractivity contribution in [2.75, 3.05) is 0 Å². The van der Waals surface area contributed by atoms with Crippen LogP contribution in [0.3, 0.4) is 0 Å². The molecule has 0 heterocycles.